The summed E-state index contributed by atoms with van der Waals surface area (Å²) in [6.07, 6.45) is 3.43. The van der Waals surface area contributed by atoms with Gasteiger partial charge < -0.3 is 21.5 Å². The number of anilines is 1. The molecule has 2 aromatic carbocycles. The van der Waals surface area contributed by atoms with E-state index >= 15 is 0 Å². The third-order valence-electron chi connectivity index (χ3n) is 3.32. The lowest BCUT2D eigenvalue weighted by atomic mass is 9.99. The van der Waals surface area contributed by atoms with Gasteiger partial charge in [0.1, 0.15) is 0 Å². The number of para-hydroxylation sites is 1. The molecule has 0 aliphatic carbocycles. The molecular weight excluding hydrogens is 320 g/mol. The summed E-state index contributed by atoms with van der Waals surface area (Å²) in [6.45, 7) is 0. The molecule has 1 amide bonds. The Hall–Kier alpha value is -3.61. The van der Waals surface area contributed by atoms with Gasteiger partial charge >= 0.3 is 5.97 Å². The Kier molecular flexibility index (Phi) is 5.89. The highest BCUT2D eigenvalue weighted by atomic mass is 16.5. The largest absolute Gasteiger partial charge is 0.466 e. The minimum atomic E-state index is -0.489. The van der Waals surface area contributed by atoms with Gasteiger partial charge in [0, 0.05) is 11.6 Å². The summed E-state index contributed by atoms with van der Waals surface area (Å²) < 4.78 is 4.59. The third kappa shape index (κ3) is 4.68. The van der Waals surface area contributed by atoms with E-state index in [1.54, 1.807) is 30.3 Å². The molecule has 0 heterocycles. The molecule has 0 atom stereocenters. The van der Waals surface area contributed by atoms with Gasteiger partial charge in [0.15, 0.2) is 5.96 Å². The lowest BCUT2D eigenvalue weighted by Gasteiger charge is -2.12. The number of aliphatic imine (C=N–C) groups is 1. The van der Waals surface area contributed by atoms with Crippen molar-refractivity contribution in [3.05, 3.63) is 54.1 Å². The first-order chi connectivity index (χ1) is 12.0. The molecule has 0 fully saturated rings. The molecule has 0 unspecified atom stereocenters. The third-order valence-corrected chi connectivity index (χ3v) is 3.32. The first-order valence-electron chi connectivity index (χ1n) is 7.34. The second-order valence-electron chi connectivity index (χ2n) is 4.98. The molecule has 0 aliphatic heterocycles. The van der Waals surface area contributed by atoms with Crippen LogP contribution in [0.1, 0.15) is 5.56 Å². The molecule has 2 rings (SSSR count). The Morgan fingerprint density at radius 3 is 2.64 bits per heavy atom. The number of esters is 1. The maximum atomic E-state index is 11.3. The number of hydrogen-bond acceptors (Lipinski definition) is 4. The second kappa shape index (κ2) is 8.30. The van der Waals surface area contributed by atoms with Crippen LogP contribution in [-0.2, 0) is 14.3 Å². The van der Waals surface area contributed by atoms with Gasteiger partial charge in [0.05, 0.1) is 18.5 Å². The molecule has 0 aliphatic rings. The van der Waals surface area contributed by atoms with Crippen LogP contribution in [0.25, 0.3) is 17.2 Å². The molecule has 0 bridgehead atoms. The summed E-state index contributed by atoms with van der Waals surface area (Å²) in [4.78, 5) is 26.4. The summed E-state index contributed by atoms with van der Waals surface area (Å²) in [5.74, 6) is -0.532. The molecule has 25 heavy (non-hydrogen) atoms. The number of nitrogens with two attached hydrogens (primary N) is 2. The van der Waals surface area contributed by atoms with Crippen molar-refractivity contribution in [2.24, 2.45) is 16.5 Å². The molecular formula is C18H18N4O3. The smallest absolute Gasteiger partial charge is 0.330 e. The summed E-state index contributed by atoms with van der Waals surface area (Å²) in [6, 6.07) is 12.7. The highest BCUT2D eigenvalue weighted by molar-refractivity contribution is 5.94. The number of carbonyl (C=O) groups is 2. The molecule has 0 aromatic heterocycles. The number of guanidine groups is 1. The second-order valence-corrected chi connectivity index (χ2v) is 4.98. The number of amides is 1. The summed E-state index contributed by atoms with van der Waals surface area (Å²) in [7, 11) is 1.29. The number of rotatable bonds is 6. The maximum absolute atomic E-state index is 11.3. The SMILES string of the molecule is COC(=O)C=Cc1cccc(-c2cccc(N=C(N)N)c2)c1NC=O. The van der Waals surface area contributed by atoms with Crippen LogP contribution < -0.4 is 16.8 Å². The standard InChI is InChI=1S/C18H18N4O3/c1-25-16(24)9-8-12-4-3-7-15(17(12)21-11-23)13-5-2-6-14(10-13)22-18(19)20/h2-11H,1H3,(H,21,23)(H4,19,20,22). The number of ether oxygens (including phenoxy) is 1. The van der Waals surface area contributed by atoms with E-state index in [-0.39, 0.29) is 5.96 Å². The van der Waals surface area contributed by atoms with Crippen molar-refractivity contribution in [1.82, 2.24) is 0 Å². The number of carbonyl (C=O) groups excluding carboxylic acids is 2. The lowest BCUT2D eigenvalue weighted by molar-refractivity contribution is -0.134. The van der Waals surface area contributed by atoms with Gasteiger partial charge in [-0.3, -0.25) is 4.79 Å². The Morgan fingerprint density at radius 1 is 1.20 bits per heavy atom. The van der Waals surface area contributed by atoms with E-state index in [0.717, 1.165) is 11.1 Å². The zero-order chi connectivity index (χ0) is 18.2. The van der Waals surface area contributed by atoms with Crippen molar-refractivity contribution in [2.45, 2.75) is 0 Å². The molecule has 0 saturated carbocycles. The quantitative estimate of drug-likeness (QED) is 0.245. The zero-order valence-corrected chi connectivity index (χ0v) is 13.6. The summed E-state index contributed by atoms with van der Waals surface area (Å²) >= 11 is 0. The highest BCUT2D eigenvalue weighted by Gasteiger charge is 2.09. The average Bonchev–Trinajstić information content (AvgIpc) is 2.60. The van der Waals surface area contributed by atoms with Crippen LogP contribution in [0.4, 0.5) is 11.4 Å². The molecule has 0 spiro atoms. The van der Waals surface area contributed by atoms with Gasteiger partial charge in [-0.05, 0) is 29.3 Å². The molecule has 128 valence electrons. The minimum Gasteiger partial charge on any atom is -0.466 e. The predicted molar refractivity (Wildman–Crippen MR) is 98.1 cm³/mol. The summed E-state index contributed by atoms with van der Waals surface area (Å²) in [5.41, 5.74) is 14.2. The van der Waals surface area contributed by atoms with E-state index in [2.05, 4.69) is 15.0 Å². The number of nitrogens with one attached hydrogen (secondary N) is 1. The van der Waals surface area contributed by atoms with E-state index in [4.69, 9.17) is 11.5 Å². The Labute approximate surface area is 145 Å². The lowest BCUT2D eigenvalue weighted by Crippen LogP contribution is -2.21. The van der Waals surface area contributed by atoms with Crippen LogP contribution in [-0.4, -0.2) is 25.4 Å². The molecule has 0 saturated heterocycles. The van der Waals surface area contributed by atoms with Gasteiger partial charge in [-0.2, -0.15) is 0 Å². The van der Waals surface area contributed by atoms with E-state index in [0.29, 0.717) is 23.3 Å². The Bertz CT molecular complexity index is 840. The topological polar surface area (TPSA) is 120 Å². The van der Waals surface area contributed by atoms with Gasteiger partial charge in [-0.1, -0.05) is 30.3 Å². The van der Waals surface area contributed by atoms with Crippen LogP contribution in [0.2, 0.25) is 0 Å². The monoisotopic (exact) mass is 338 g/mol. The fourth-order valence-electron chi connectivity index (χ4n) is 2.29. The molecule has 7 nitrogen and oxygen atoms in total. The molecule has 2 aromatic rings. The van der Waals surface area contributed by atoms with Gasteiger partial charge in [0.25, 0.3) is 0 Å². The van der Waals surface area contributed by atoms with Crippen molar-refractivity contribution in [3.8, 4) is 11.1 Å². The highest BCUT2D eigenvalue weighted by Crippen LogP contribution is 2.33. The number of methoxy groups -OCH3 is 1. The number of benzene rings is 2. The minimum absolute atomic E-state index is 0.0434. The Morgan fingerprint density at radius 2 is 1.96 bits per heavy atom. The first-order valence-corrected chi connectivity index (χ1v) is 7.34. The maximum Gasteiger partial charge on any atom is 0.330 e. The van der Waals surface area contributed by atoms with Crippen molar-refractivity contribution >= 4 is 35.8 Å². The average molecular weight is 338 g/mol. The van der Waals surface area contributed by atoms with Crippen LogP contribution in [0.15, 0.2) is 53.5 Å². The van der Waals surface area contributed by atoms with Gasteiger partial charge in [0.2, 0.25) is 6.41 Å². The van der Waals surface area contributed by atoms with Crippen molar-refractivity contribution < 1.29 is 14.3 Å². The predicted octanol–water partition coefficient (Wildman–Crippen LogP) is 2.01. The zero-order valence-electron chi connectivity index (χ0n) is 13.6. The van der Waals surface area contributed by atoms with Crippen molar-refractivity contribution in [3.63, 3.8) is 0 Å². The normalized spacial score (nSPS) is 10.3. The first kappa shape index (κ1) is 17.7. The van der Waals surface area contributed by atoms with E-state index < -0.39 is 5.97 Å². The van der Waals surface area contributed by atoms with Gasteiger partial charge in [-0.25, -0.2) is 9.79 Å². The number of hydrogen-bond donors (Lipinski definition) is 3. The van der Waals surface area contributed by atoms with Crippen molar-refractivity contribution in [2.75, 3.05) is 12.4 Å². The van der Waals surface area contributed by atoms with Crippen molar-refractivity contribution in [1.29, 1.82) is 0 Å². The van der Waals surface area contributed by atoms with E-state index in [9.17, 15) is 9.59 Å². The Balaban J connectivity index is 2.54. The number of nitrogens with zero attached hydrogens (tertiary/aromatic N) is 1. The fourth-order valence-corrected chi connectivity index (χ4v) is 2.29. The molecule has 5 N–H and O–H groups in total. The summed E-state index contributed by atoms with van der Waals surface area (Å²) in [5, 5.41) is 2.68. The van der Waals surface area contributed by atoms with Crippen LogP contribution in [0.3, 0.4) is 0 Å². The fraction of sp³-hybridized carbons (Fsp3) is 0.0556. The molecule has 7 heteroatoms. The van der Waals surface area contributed by atoms with Crippen LogP contribution in [0.5, 0.6) is 0 Å². The van der Waals surface area contributed by atoms with E-state index in [1.165, 1.54) is 13.2 Å². The van der Waals surface area contributed by atoms with Crippen LogP contribution in [0, 0.1) is 0 Å². The van der Waals surface area contributed by atoms with Gasteiger partial charge in [-0.15, -0.1) is 0 Å². The van der Waals surface area contributed by atoms with Crippen LogP contribution >= 0.6 is 0 Å². The molecule has 0 radical (unpaired) electrons. The van der Waals surface area contributed by atoms with E-state index in [1.807, 2.05) is 18.2 Å².